The minimum absolute atomic E-state index is 0.464. The summed E-state index contributed by atoms with van der Waals surface area (Å²) in [6, 6.07) is 11.1. The van der Waals surface area contributed by atoms with Crippen molar-refractivity contribution < 1.29 is 0 Å². The summed E-state index contributed by atoms with van der Waals surface area (Å²) >= 11 is 3.45. The van der Waals surface area contributed by atoms with E-state index in [2.05, 4.69) is 70.4 Å². The molecule has 1 N–H and O–H groups in total. The van der Waals surface area contributed by atoms with Crippen molar-refractivity contribution in [3.05, 3.63) is 53.0 Å². The summed E-state index contributed by atoms with van der Waals surface area (Å²) in [7, 11) is 0. The standard InChI is InChI=1S/C21H20N4S2/c1-3-25-9-7-15(13(25)2)20-11-16-17(6-8-22-21(16)27-20)24-14-4-5-19-18(10-14)23-12-26-19/h4-8,10-13H,3,9H2,1-2H3,(H,22,24)/t13-/m0/s1. The number of nitrogens with zero attached hydrogens (tertiary/aromatic N) is 3. The molecule has 6 heteroatoms. The molecule has 0 saturated carbocycles. The number of aromatic nitrogens is 2. The Labute approximate surface area is 166 Å². The van der Waals surface area contributed by atoms with Crippen LogP contribution in [0.25, 0.3) is 26.0 Å². The van der Waals surface area contributed by atoms with Gasteiger partial charge in [0.2, 0.25) is 0 Å². The summed E-state index contributed by atoms with van der Waals surface area (Å²) in [6.07, 6.45) is 4.25. The number of thiophene rings is 1. The predicted octanol–water partition coefficient (Wildman–Crippen LogP) is 5.76. The third-order valence-corrected chi connectivity index (χ3v) is 7.18. The van der Waals surface area contributed by atoms with Gasteiger partial charge in [-0.15, -0.1) is 22.7 Å². The van der Waals surface area contributed by atoms with E-state index in [0.717, 1.165) is 34.8 Å². The van der Waals surface area contributed by atoms with Crippen molar-refractivity contribution in [1.29, 1.82) is 0 Å². The first-order chi connectivity index (χ1) is 13.2. The number of fused-ring (bicyclic) bond motifs is 2. The number of nitrogens with one attached hydrogen (secondary N) is 1. The van der Waals surface area contributed by atoms with E-state index in [1.807, 2.05) is 11.7 Å². The second kappa shape index (κ2) is 6.71. The Morgan fingerprint density at radius 3 is 3.00 bits per heavy atom. The highest BCUT2D eigenvalue weighted by atomic mass is 32.1. The molecule has 4 nitrogen and oxygen atoms in total. The Morgan fingerprint density at radius 2 is 2.15 bits per heavy atom. The molecule has 0 amide bonds. The van der Waals surface area contributed by atoms with Gasteiger partial charge in [0, 0.05) is 34.7 Å². The van der Waals surface area contributed by atoms with E-state index < -0.39 is 0 Å². The maximum atomic E-state index is 4.61. The number of pyridine rings is 1. The molecule has 1 atom stereocenters. The first-order valence-electron chi connectivity index (χ1n) is 9.16. The normalized spacial score (nSPS) is 17.7. The number of rotatable bonds is 4. The van der Waals surface area contributed by atoms with Crippen LogP contribution in [0.1, 0.15) is 18.7 Å². The van der Waals surface area contributed by atoms with Crippen LogP contribution >= 0.6 is 22.7 Å². The third-order valence-electron chi connectivity index (χ3n) is 5.28. The Balaban J connectivity index is 1.51. The molecule has 1 aliphatic rings. The molecular weight excluding hydrogens is 372 g/mol. The van der Waals surface area contributed by atoms with Crippen molar-refractivity contribution in [3.63, 3.8) is 0 Å². The van der Waals surface area contributed by atoms with E-state index in [1.165, 1.54) is 20.5 Å². The van der Waals surface area contributed by atoms with Gasteiger partial charge in [0.05, 0.1) is 21.4 Å². The fraction of sp³-hybridized carbons (Fsp3) is 0.238. The SMILES string of the molecule is CCN1CC=C(c2cc3c(Nc4ccc5scnc5c4)ccnc3s2)[C@@H]1C. The molecule has 1 aliphatic heterocycles. The van der Waals surface area contributed by atoms with Gasteiger partial charge in [-0.1, -0.05) is 13.0 Å². The highest BCUT2D eigenvalue weighted by molar-refractivity contribution is 7.19. The molecule has 3 aromatic heterocycles. The second-order valence-electron chi connectivity index (χ2n) is 6.77. The van der Waals surface area contributed by atoms with E-state index in [1.54, 1.807) is 22.7 Å². The van der Waals surface area contributed by atoms with Gasteiger partial charge >= 0.3 is 0 Å². The maximum Gasteiger partial charge on any atom is 0.125 e. The van der Waals surface area contributed by atoms with E-state index in [9.17, 15) is 0 Å². The van der Waals surface area contributed by atoms with Crippen molar-refractivity contribution in [2.24, 2.45) is 0 Å². The van der Waals surface area contributed by atoms with Crippen molar-refractivity contribution in [2.45, 2.75) is 19.9 Å². The molecule has 27 heavy (non-hydrogen) atoms. The second-order valence-corrected chi connectivity index (χ2v) is 8.69. The zero-order chi connectivity index (χ0) is 18.4. The monoisotopic (exact) mass is 392 g/mol. The number of hydrogen-bond donors (Lipinski definition) is 1. The van der Waals surface area contributed by atoms with Crippen LogP contribution in [-0.2, 0) is 0 Å². The Bertz CT molecular complexity index is 1160. The number of thiazole rings is 1. The van der Waals surface area contributed by atoms with Crippen LogP contribution in [0.15, 0.2) is 48.1 Å². The molecular formula is C21H20N4S2. The van der Waals surface area contributed by atoms with Crippen LogP contribution in [0.3, 0.4) is 0 Å². The Morgan fingerprint density at radius 1 is 1.22 bits per heavy atom. The highest BCUT2D eigenvalue weighted by Crippen LogP contribution is 2.38. The van der Waals surface area contributed by atoms with Crippen LogP contribution in [-0.4, -0.2) is 34.0 Å². The summed E-state index contributed by atoms with van der Waals surface area (Å²) in [6.45, 7) is 6.63. The van der Waals surface area contributed by atoms with Crippen molar-refractivity contribution in [1.82, 2.24) is 14.9 Å². The summed E-state index contributed by atoms with van der Waals surface area (Å²) in [4.78, 5) is 13.9. The van der Waals surface area contributed by atoms with Gasteiger partial charge in [0.1, 0.15) is 4.83 Å². The fourth-order valence-electron chi connectivity index (χ4n) is 3.73. The first-order valence-corrected chi connectivity index (χ1v) is 10.9. The Hall–Kier alpha value is -2.28. The number of benzene rings is 1. The van der Waals surface area contributed by atoms with Crippen molar-refractivity contribution >= 4 is 60.1 Å². The lowest BCUT2D eigenvalue weighted by molar-refractivity contribution is 0.307. The van der Waals surface area contributed by atoms with Crippen LogP contribution in [0.2, 0.25) is 0 Å². The summed E-state index contributed by atoms with van der Waals surface area (Å²) < 4.78 is 1.21. The number of likely N-dealkylation sites (N-methyl/N-ethyl adjacent to an activating group) is 1. The minimum atomic E-state index is 0.464. The van der Waals surface area contributed by atoms with Crippen LogP contribution in [0.4, 0.5) is 11.4 Å². The van der Waals surface area contributed by atoms with Gasteiger partial charge in [0.25, 0.3) is 0 Å². The zero-order valence-corrected chi connectivity index (χ0v) is 16.9. The molecule has 0 spiro atoms. The van der Waals surface area contributed by atoms with Gasteiger partial charge in [-0.2, -0.15) is 0 Å². The van der Waals surface area contributed by atoms with Crippen LogP contribution in [0, 0.1) is 0 Å². The predicted molar refractivity (Wildman–Crippen MR) is 117 cm³/mol. The molecule has 0 fully saturated rings. The summed E-state index contributed by atoms with van der Waals surface area (Å²) in [5.41, 5.74) is 6.50. The maximum absolute atomic E-state index is 4.61. The molecule has 1 aromatic carbocycles. The highest BCUT2D eigenvalue weighted by Gasteiger charge is 2.24. The van der Waals surface area contributed by atoms with E-state index in [4.69, 9.17) is 0 Å². The van der Waals surface area contributed by atoms with Crippen molar-refractivity contribution in [3.8, 4) is 0 Å². The molecule has 0 radical (unpaired) electrons. The van der Waals surface area contributed by atoms with Gasteiger partial charge in [0.15, 0.2) is 0 Å². The van der Waals surface area contributed by atoms with Crippen molar-refractivity contribution in [2.75, 3.05) is 18.4 Å². The molecule has 136 valence electrons. The molecule has 4 aromatic rings. The lowest BCUT2D eigenvalue weighted by atomic mass is 10.1. The van der Waals surface area contributed by atoms with E-state index >= 15 is 0 Å². The third kappa shape index (κ3) is 2.94. The average molecular weight is 393 g/mol. The summed E-state index contributed by atoms with van der Waals surface area (Å²) in [5, 5.41) is 4.74. The first kappa shape index (κ1) is 16.9. The minimum Gasteiger partial charge on any atom is -0.355 e. The number of anilines is 2. The molecule has 0 aliphatic carbocycles. The van der Waals surface area contributed by atoms with E-state index in [0.29, 0.717) is 6.04 Å². The van der Waals surface area contributed by atoms with Crippen LogP contribution in [0.5, 0.6) is 0 Å². The molecule has 4 heterocycles. The average Bonchev–Trinajstić information content (AvgIpc) is 3.39. The molecule has 0 saturated heterocycles. The largest absolute Gasteiger partial charge is 0.355 e. The van der Waals surface area contributed by atoms with Gasteiger partial charge in [-0.05, 0) is 49.4 Å². The lowest BCUT2D eigenvalue weighted by Gasteiger charge is -2.21. The van der Waals surface area contributed by atoms with Gasteiger partial charge < -0.3 is 5.32 Å². The quantitative estimate of drug-likeness (QED) is 0.480. The van der Waals surface area contributed by atoms with Gasteiger partial charge in [-0.25, -0.2) is 9.97 Å². The smallest absolute Gasteiger partial charge is 0.125 e. The van der Waals surface area contributed by atoms with Crippen LogP contribution < -0.4 is 5.32 Å². The zero-order valence-electron chi connectivity index (χ0n) is 15.3. The van der Waals surface area contributed by atoms with Gasteiger partial charge in [-0.3, -0.25) is 4.90 Å². The molecule has 0 bridgehead atoms. The number of hydrogen-bond acceptors (Lipinski definition) is 6. The topological polar surface area (TPSA) is 41.0 Å². The molecule has 5 rings (SSSR count). The Kier molecular flexibility index (Phi) is 4.19. The van der Waals surface area contributed by atoms with E-state index in [-0.39, 0.29) is 0 Å². The lowest BCUT2D eigenvalue weighted by Crippen LogP contribution is -2.28. The molecule has 0 unspecified atom stereocenters. The fourth-order valence-corrected chi connectivity index (χ4v) is 5.54. The summed E-state index contributed by atoms with van der Waals surface area (Å²) in [5.74, 6) is 0.